The van der Waals surface area contributed by atoms with Gasteiger partial charge < -0.3 is 10.0 Å². The summed E-state index contributed by atoms with van der Waals surface area (Å²) in [6.45, 7) is 0.458. The smallest absolute Gasteiger partial charge is 0.317 e. The number of anilines is 1. The van der Waals surface area contributed by atoms with Crippen LogP contribution in [0.2, 0.25) is 5.02 Å². The molecule has 1 N–H and O–H groups in total. The van der Waals surface area contributed by atoms with Gasteiger partial charge in [-0.2, -0.15) is 0 Å². The standard InChI is InChI=1S/C13H15ClN2O3/c1-15(8-12(17)18)11-6-7-16(13(11)19)10-4-2-9(14)3-5-10/h2-5,11H,6-8H2,1H3,(H,17,18). The number of benzene rings is 1. The first-order chi connectivity index (χ1) is 8.99. The van der Waals surface area contributed by atoms with Crippen LogP contribution >= 0.6 is 11.6 Å². The highest BCUT2D eigenvalue weighted by Gasteiger charge is 2.35. The molecule has 0 spiro atoms. The molecular weight excluding hydrogens is 268 g/mol. The van der Waals surface area contributed by atoms with E-state index in [1.54, 1.807) is 41.1 Å². The Morgan fingerprint density at radius 2 is 2.11 bits per heavy atom. The molecule has 0 bridgehead atoms. The second kappa shape index (κ2) is 5.59. The minimum absolute atomic E-state index is 0.0638. The lowest BCUT2D eigenvalue weighted by Gasteiger charge is -2.22. The van der Waals surface area contributed by atoms with E-state index in [0.29, 0.717) is 18.0 Å². The van der Waals surface area contributed by atoms with Crippen molar-refractivity contribution >= 4 is 29.2 Å². The molecule has 1 aliphatic rings. The average Bonchev–Trinajstić information content (AvgIpc) is 2.71. The third-order valence-corrected chi connectivity index (χ3v) is 3.48. The summed E-state index contributed by atoms with van der Waals surface area (Å²) >= 11 is 5.81. The largest absolute Gasteiger partial charge is 0.480 e. The quantitative estimate of drug-likeness (QED) is 0.908. The van der Waals surface area contributed by atoms with E-state index in [1.165, 1.54) is 0 Å². The van der Waals surface area contributed by atoms with Crippen LogP contribution in [-0.2, 0) is 9.59 Å². The van der Waals surface area contributed by atoms with E-state index in [1.807, 2.05) is 0 Å². The number of hydrogen-bond acceptors (Lipinski definition) is 3. The molecule has 1 saturated heterocycles. The molecule has 0 aromatic heterocycles. The van der Waals surface area contributed by atoms with E-state index in [9.17, 15) is 9.59 Å². The molecule has 1 aliphatic heterocycles. The average molecular weight is 283 g/mol. The van der Waals surface area contributed by atoms with Crippen molar-refractivity contribution < 1.29 is 14.7 Å². The summed E-state index contributed by atoms with van der Waals surface area (Å²) in [5, 5.41) is 9.38. The van der Waals surface area contributed by atoms with Crippen LogP contribution in [0.15, 0.2) is 24.3 Å². The number of carboxylic acids is 1. The highest BCUT2D eigenvalue weighted by molar-refractivity contribution is 6.30. The zero-order chi connectivity index (χ0) is 14.0. The Balaban J connectivity index is 2.09. The lowest BCUT2D eigenvalue weighted by molar-refractivity contribution is -0.138. The van der Waals surface area contributed by atoms with E-state index in [4.69, 9.17) is 16.7 Å². The summed E-state index contributed by atoms with van der Waals surface area (Å²) in [6.07, 6.45) is 0.630. The number of halogens is 1. The van der Waals surface area contributed by atoms with Crippen molar-refractivity contribution in [2.75, 3.05) is 25.0 Å². The number of rotatable bonds is 4. The van der Waals surface area contributed by atoms with Crippen LogP contribution in [0.25, 0.3) is 0 Å². The maximum absolute atomic E-state index is 12.3. The number of carbonyl (C=O) groups excluding carboxylic acids is 1. The molecule has 5 nitrogen and oxygen atoms in total. The Morgan fingerprint density at radius 3 is 2.68 bits per heavy atom. The van der Waals surface area contributed by atoms with Gasteiger partial charge in [0.15, 0.2) is 0 Å². The molecule has 1 heterocycles. The van der Waals surface area contributed by atoms with Crippen molar-refractivity contribution in [2.24, 2.45) is 0 Å². The van der Waals surface area contributed by atoms with Crippen LogP contribution in [0.3, 0.4) is 0 Å². The van der Waals surface area contributed by atoms with Crippen molar-refractivity contribution in [1.29, 1.82) is 0 Å². The number of carbonyl (C=O) groups is 2. The van der Waals surface area contributed by atoms with Gasteiger partial charge in [-0.25, -0.2) is 0 Å². The van der Waals surface area contributed by atoms with Crippen LogP contribution in [0.4, 0.5) is 5.69 Å². The van der Waals surface area contributed by atoms with E-state index in [-0.39, 0.29) is 18.5 Å². The topological polar surface area (TPSA) is 60.9 Å². The van der Waals surface area contributed by atoms with Crippen molar-refractivity contribution in [2.45, 2.75) is 12.5 Å². The molecule has 1 atom stereocenters. The maximum Gasteiger partial charge on any atom is 0.317 e. The van der Waals surface area contributed by atoms with Crippen LogP contribution < -0.4 is 4.90 Å². The Labute approximate surface area is 116 Å². The predicted molar refractivity (Wildman–Crippen MR) is 72.5 cm³/mol. The molecule has 102 valence electrons. The zero-order valence-electron chi connectivity index (χ0n) is 10.5. The fraction of sp³-hybridized carbons (Fsp3) is 0.385. The van der Waals surface area contributed by atoms with Gasteiger partial charge in [0.2, 0.25) is 5.91 Å². The van der Waals surface area contributed by atoms with Crippen molar-refractivity contribution in [3.63, 3.8) is 0 Å². The fourth-order valence-corrected chi connectivity index (χ4v) is 2.40. The molecule has 2 rings (SSSR count). The minimum Gasteiger partial charge on any atom is -0.480 e. The van der Waals surface area contributed by atoms with Gasteiger partial charge in [-0.05, 0) is 37.7 Å². The maximum atomic E-state index is 12.3. The van der Waals surface area contributed by atoms with E-state index >= 15 is 0 Å². The van der Waals surface area contributed by atoms with Gasteiger partial charge >= 0.3 is 5.97 Å². The highest BCUT2D eigenvalue weighted by Crippen LogP contribution is 2.25. The molecule has 1 aromatic carbocycles. The summed E-state index contributed by atoms with van der Waals surface area (Å²) in [6, 6.07) is 6.68. The number of nitrogens with zero attached hydrogens (tertiary/aromatic N) is 2. The molecule has 1 unspecified atom stereocenters. The number of likely N-dealkylation sites (N-methyl/N-ethyl adjacent to an activating group) is 1. The SMILES string of the molecule is CN(CC(=O)O)C1CCN(c2ccc(Cl)cc2)C1=O. The molecule has 0 radical (unpaired) electrons. The highest BCUT2D eigenvalue weighted by atomic mass is 35.5. The van der Waals surface area contributed by atoms with Crippen molar-refractivity contribution in [3.05, 3.63) is 29.3 Å². The van der Waals surface area contributed by atoms with Gasteiger partial charge in [0.05, 0.1) is 12.6 Å². The van der Waals surface area contributed by atoms with Crippen LogP contribution in [0, 0.1) is 0 Å². The predicted octanol–water partition coefficient (Wildman–Crippen LogP) is 1.46. The number of carboxylic acid groups (broad SMARTS) is 1. The number of hydrogen-bond donors (Lipinski definition) is 1. The monoisotopic (exact) mass is 282 g/mol. The van der Waals surface area contributed by atoms with Gasteiger partial charge in [0.25, 0.3) is 0 Å². The molecule has 19 heavy (non-hydrogen) atoms. The third-order valence-electron chi connectivity index (χ3n) is 3.23. The van der Waals surface area contributed by atoms with Gasteiger partial charge in [0, 0.05) is 17.3 Å². The first-order valence-electron chi connectivity index (χ1n) is 5.98. The van der Waals surface area contributed by atoms with Gasteiger partial charge in [-0.1, -0.05) is 11.6 Å². The van der Waals surface area contributed by atoms with Crippen LogP contribution in [-0.4, -0.2) is 48.1 Å². The first-order valence-corrected chi connectivity index (χ1v) is 6.36. The lowest BCUT2D eigenvalue weighted by atomic mass is 10.2. The minimum atomic E-state index is -0.930. The molecule has 1 amide bonds. The normalized spacial score (nSPS) is 19.2. The Kier molecular flexibility index (Phi) is 4.07. The van der Waals surface area contributed by atoms with E-state index in [2.05, 4.69) is 0 Å². The number of amides is 1. The molecule has 0 aliphatic carbocycles. The summed E-state index contributed by atoms with van der Waals surface area (Å²) in [5.41, 5.74) is 0.792. The summed E-state index contributed by atoms with van der Waals surface area (Å²) in [4.78, 5) is 26.2. The van der Waals surface area contributed by atoms with Gasteiger partial charge in [-0.15, -0.1) is 0 Å². The Hall–Kier alpha value is -1.59. The van der Waals surface area contributed by atoms with E-state index in [0.717, 1.165) is 5.69 Å². The van der Waals surface area contributed by atoms with E-state index < -0.39 is 5.97 Å². The van der Waals surface area contributed by atoms with Crippen molar-refractivity contribution in [1.82, 2.24) is 4.90 Å². The molecule has 1 fully saturated rings. The first kappa shape index (κ1) is 13.8. The molecule has 0 saturated carbocycles. The molecule has 1 aromatic rings. The second-order valence-corrected chi connectivity index (χ2v) is 5.02. The van der Waals surface area contributed by atoms with Crippen molar-refractivity contribution in [3.8, 4) is 0 Å². The lowest BCUT2D eigenvalue weighted by Crippen LogP contribution is -2.42. The van der Waals surface area contributed by atoms with Gasteiger partial charge in [0.1, 0.15) is 0 Å². The molecular formula is C13H15ClN2O3. The van der Waals surface area contributed by atoms with Crippen LogP contribution in [0.5, 0.6) is 0 Å². The third kappa shape index (κ3) is 3.05. The zero-order valence-corrected chi connectivity index (χ0v) is 11.3. The Bertz CT molecular complexity index is 489. The summed E-state index contributed by atoms with van der Waals surface area (Å²) in [5.74, 6) is -0.994. The fourth-order valence-electron chi connectivity index (χ4n) is 2.27. The second-order valence-electron chi connectivity index (χ2n) is 4.58. The Morgan fingerprint density at radius 1 is 1.47 bits per heavy atom. The molecule has 6 heteroatoms. The summed E-state index contributed by atoms with van der Waals surface area (Å²) < 4.78 is 0. The van der Waals surface area contributed by atoms with Crippen LogP contribution in [0.1, 0.15) is 6.42 Å². The van der Waals surface area contributed by atoms with Gasteiger partial charge in [-0.3, -0.25) is 14.5 Å². The number of aliphatic carboxylic acids is 1. The summed E-state index contributed by atoms with van der Waals surface area (Å²) in [7, 11) is 1.65.